The van der Waals surface area contributed by atoms with Crippen LogP contribution in [0.5, 0.6) is 0 Å². The van der Waals surface area contributed by atoms with Gasteiger partial charge in [-0.1, -0.05) is 24.3 Å². The van der Waals surface area contributed by atoms with E-state index in [1.165, 1.54) is 12.1 Å². The van der Waals surface area contributed by atoms with E-state index in [1.54, 1.807) is 12.1 Å². The number of hydrogen-bond acceptors (Lipinski definition) is 3. The van der Waals surface area contributed by atoms with Crippen molar-refractivity contribution in [1.82, 2.24) is 15.3 Å². The Labute approximate surface area is 132 Å². The minimum atomic E-state index is -0.332. The fraction of sp³-hybridized carbons (Fsp3) is 0.176. The smallest absolute Gasteiger partial charge is 0.224 e. The molecule has 0 aliphatic carbocycles. The molecule has 3 N–H and O–H groups in total. The molecule has 23 heavy (non-hydrogen) atoms. The number of carbonyl (C=O) groups excluding carboxylic acids is 1. The van der Waals surface area contributed by atoms with Crippen LogP contribution in [0.1, 0.15) is 5.56 Å². The zero-order valence-corrected chi connectivity index (χ0v) is 12.5. The molecule has 3 rings (SSSR count). The molecule has 0 aliphatic rings. The maximum atomic E-state index is 13.0. The van der Waals surface area contributed by atoms with E-state index in [9.17, 15) is 9.18 Å². The van der Waals surface area contributed by atoms with Crippen molar-refractivity contribution >= 4 is 22.9 Å². The summed E-state index contributed by atoms with van der Waals surface area (Å²) in [6.07, 6.45) is 0.169. The van der Waals surface area contributed by atoms with Crippen molar-refractivity contribution in [3.63, 3.8) is 0 Å². The van der Waals surface area contributed by atoms with E-state index in [4.69, 9.17) is 0 Å². The minimum Gasteiger partial charge on any atom is -0.354 e. The van der Waals surface area contributed by atoms with Gasteiger partial charge >= 0.3 is 0 Å². The molecule has 0 atom stereocenters. The number of anilines is 1. The van der Waals surface area contributed by atoms with E-state index in [-0.39, 0.29) is 18.1 Å². The van der Waals surface area contributed by atoms with Crippen molar-refractivity contribution in [2.45, 2.75) is 6.42 Å². The number of fused-ring (bicyclic) bond motifs is 1. The molecule has 1 amide bonds. The number of amides is 1. The van der Waals surface area contributed by atoms with Crippen LogP contribution >= 0.6 is 0 Å². The zero-order chi connectivity index (χ0) is 16.1. The van der Waals surface area contributed by atoms with Gasteiger partial charge in [-0.05, 0) is 29.8 Å². The first-order valence-corrected chi connectivity index (χ1v) is 7.40. The number of para-hydroxylation sites is 2. The third-order valence-electron chi connectivity index (χ3n) is 3.38. The normalized spacial score (nSPS) is 10.7. The molecule has 0 radical (unpaired) electrons. The Morgan fingerprint density at radius 2 is 2.00 bits per heavy atom. The average molecular weight is 312 g/mol. The van der Waals surface area contributed by atoms with Crippen LogP contribution in [0.2, 0.25) is 0 Å². The predicted molar refractivity (Wildman–Crippen MR) is 87.7 cm³/mol. The summed E-state index contributed by atoms with van der Waals surface area (Å²) in [5, 5.41) is 5.91. The second-order valence-corrected chi connectivity index (χ2v) is 5.19. The predicted octanol–water partition coefficient (Wildman–Crippen LogP) is 2.47. The lowest BCUT2D eigenvalue weighted by molar-refractivity contribution is -0.120. The molecule has 1 heterocycles. The molecule has 0 aliphatic heterocycles. The number of rotatable bonds is 6. The number of carbonyl (C=O) groups is 1. The number of benzene rings is 2. The van der Waals surface area contributed by atoms with Crippen LogP contribution in [-0.2, 0) is 11.2 Å². The molecule has 0 spiro atoms. The largest absolute Gasteiger partial charge is 0.354 e. The maximum Gasteiger partial charge on any atom is 0.224 e. The maximum absolute atomic E-state index is 13.0. The summed E-state index contributed by atoms with van der Waals surface area (Å²) in [5.74, 6) is 0.203. The standard InChI is InChI=1S/C17H17FN4O/c18-13-5-3-4-12(10-13)11-16(23)19-8-9-20-17-21-14-6-1-2-7-15(14)22-17/h1-7,10H,8-9,11H2,(H,19,23)(H2,20,21,22). The highest BCUT2D eigenvalue weighted by atomic mass is 19.1. The van der Waals surface area contributed by atoms with E-state index >= 15 is 0 Å². The SMILES string of the molecule is O=C(Cc1cccc(F)c1)NCCNc1nc2ccccc2[nH]1. The van der Waals surface area contributed by atoms with Gasteiger partial charge in [0.1, 0.15) is 5.82 Å². The highest BCUT2D eigenvalue weighted by Gasteiger charge is 2.04. The monoisotopic (exact) mass is 312 g/mol. The lowest BCUT2D eigenvalue weighted by atomic mass is 10.1. The Kier molecular flexibility index (Phi) is 4.52. The van der Waals surface area contributed by atoms with Crippen LogP contribution in [0, 0.1) is 5.82 Å². The van der Waals surface area contributed by atoms with E-state index in [0.29, 0.717) is 24.6 Å². The van der Waals surface area contributed by atoms with E-state index in [2.05, 4.69) is 20.6 Å². The van der Waals surface area contributed by atoms with Crippen LogP contribution in [-0.4, -0.2) is 29.0 Å². The molecule has 1 aromatic heterocycles. The topological polar surface area (TPSA) is 69.8 Å². The lowest BCUT2D eigenvalue weighted by Gasteiger charge is -2.06. The van der Waals surface area contributed by atoms with Crippen molar-refractivity contribution in [2.75, 3.05) is 18.4 Å². The quantitative estimate of drug-likeness (QED) is 0.612. The van der Waals surface area contributed by atoms with Gasteiger partial charge in [0.25, 0.3) is 0 Å². The average Bonchev–Trinajstić information content (AvgIpc) is 2.94. The van der Waals surface area contributed by atoms with Crippen LogP contribution in [0.3, 0.4) is 0 Å². The first kappa shape index (κ1) is 15.0. The Balaban J connectivity index is 1.43. The third-order valence-corrected chi connectivity index (χ3v) is 3.38. The summed E-state index contributed by atoms with van der Waals surface area (Å²) >= 11 is 0. The molecule has 6 heteroatoms. The van der Waals surface area contributed by atoms with Crippen LogP contribution < -0.4 is 10.6 Å². The Morgan fingerprint density at radius 1 is 1.13 bits per heavy atom. The Hall–Kier alpha value is -2.89. The van der Waals surface area contributed by atoms with E-state index in [0.717, 1.165) is 11.0 Å². The van der Waals surface area contributed by atoms with Crippen LogP contribution in [0.15, 0.2) is 48.5 Å². The van der Waals surface area contributed by atoms with Gasteiger partial charge in [-0.15, -0.1) is 0 Å². The van der Waals surface area contributed by atoms with Gasteiger partial charge in [0.05, 0.1) is 17.5 Å². The Morgan fingerprint density at radius 3 is 2.83 bits per heavy atom. The summed E-state index contributed by atoms with van der Waals surface area (Å²) in [5.41, 5.74) is 2.52. The zero-order valence-electron chi connectivity index (χ0n) is 12.5. The van der Waals surface area contributed by atoms with Crippen molar-refractivity contribution < 1.29 is 9.18 Å². The molecule has 5 nitrogen and oxygen atoms in total. The first-order valence-electron chi connectivity index (χ1n) is 7.40. The number of nitrogens with one attached hydrogen (secondary N) is 3. The summed E-state index contributed by atoms with van der Waals surface area (Å²) in [6.45, 7) is 1.01. The third kappa shape index (κ3) is 4.06. The van der Waals surface area contributed by atoms with Gasteiger partial charge in [0.15, 0.2) is 0 Å². The molecule has 0 saturated heterocycles. The molecule has 2 aromatic carbocycles. The molecule has 0 saturated carbocycles. The number of hydrogen-bond donors (Lipinski definition) is 3. The van der Waals surface area contributed by atoms with Crippen LogP contribution in [0.4, 0.5) is 10.3 Å². The van der Waals surface area contributed by atoms with Crippen LogP contribution in [0.25, 0.3) is 11.0 Å². The Bertz CT molecular complexity index is 782. The highest BCUT2D eigenvalue weighted by Crippen LogP contribution is 2.12. The van der Waals surface area contributed by atoms with Crippen molar-refractivity contribution in [3.05, 3.63) is 59.9 Å². The molecule has 3 aromatic rings. The van der Waals surface area contributed by atoms with Crippen molar-refractivity contribution in [1.29, 1.82) is 0 Å². The second kappa shape index (κ2) is 6.91. The number of imidazole rings is 1. The van der Waals surface area contributed by atoms with Gasteiger partial charge < -0.3 is 15.6 Å². The summed E-state index contributed by atoms with van der Waals surface area (Å²) in [4.78, 5) is 19.3. The van der Waals surface area contributed by atoms with E-state index in [1.807, 2.05) is 24.3 Å². The molecular weight excluding hydrogens is 295 g/mol. The second-order valence-electron chi connectivity index (χ2n) is 5.19. The van der Waals surface area contributed by atoms with Gasteiger partial charge in [-0.2, -0.15) is 0 Å². The van der Waals surface area contributed by atoms with Crippen molar-refractivity contribution in [2.24, 2.45) is 0 Å². The van der Waals surface area contributed by atoms with Gasteiger partial charge in [0, 0.05) is 13.1 Å². The first-order chi connectivity index (χ1) is 11.2. The van der Waals surface area contributed by atoms with Gasteiger partial charge in [-0.3, -0.25) is 4.79 Å². The number of halogens is 1. The fourth-order valence-electron chi connectivity index (χ4n) is 2.31. The van der Waals surface area contributed by atoms with Gasteiger partial charge in [-0.25, -0.2) is 9.37 Å². The molecule has 118 valence electrons. The number of H-pyrrole nitrogens is 1. The fourth-order valence-corrected chi connectivity index (χ4v) is 2.31. The van der Waals surface area contributed by atoms with Gasteiger partial charge in [0.2, 0.25) is 11.9 Å². The number of nitrogens with zero attached hydrogens (tertiary/aromatic N) is 1. The number of aromatic nitrogens is 2. The van der Waals surface area contributed by atoms with E-state index < -0.39 is 0 Å². The van der Waals surface area contributed by atoms with Crippen molar-refractivity contribution in [3.8, 4) is 0 Å². The highest BCUT2D eigenvalue weighted by molar-refractivity contribution is 5.78. The number of aromatic amines is 1. The summed E-state index contributed by atoms with van der Waals surface area (Å²) in [7, 11) is 0. The molecular formula is C17H17FN4O. The minimum absolute atomic E-state index is 0.137. The summed E-state index contributed by atoms with van der Waals surface area (Å²) in [6, 6.07) is 13.8. The lowest BCUT2D eigenvalue weighted by Crippen LogP contribution is -2.30. The summed E-state index contributed by atoms with van der Waals surface area (Å²) < 4.78 is 13.0. The molecule has 0 unspecified atom stereocenters. The molecule has 0 fully saturated rings. The molecule has 0 bridgehead atoms.